The summed E-state index contributed by atoms with van der Waals surface area (Å²) in [5.74, 6) is -8.10. The lowest BCUT2D eigenvalue weighted by Crippen LogP contribution is -2.05. The zero-order valence-electron chi connectivity index (χ0n) is 10.1. The van der Waals surface area contributed by atoms with Crippen LogP contribution in [0.2, 0.25) is 0 Å². The summed E-state index contributed by atoms with van der Waals surface area (Å²) in [6.45, 7) is 1.71. The summed E-state index contributed by atoms with van der Waals surface area (Å²) in [7, 11) is 0. The Bertz CT molecular complexity index is 699. The first-order chi connectivity index (χ1) is 9.34. The predicted octanol–water partition coefficient (Wildman–Crippen LogP) is 4.13. The summed E-state index contributed by atoms with van der Waals surface area (Å²) < 4.78 is 53.6. The molecule has 2 rings (SSSR count). The molecule has 3 nitrogen and oxygen atoms in total. The van der Waals surface area contributed by atoms with Crippen LogP contribution < -0.4 is 0 Å². The molecule has 0 aliphatic heterocycles. The highest BCUT2D eigenvalue weighted by Crippen LogP contribution is 2.37. The van der Waals surface area contributed by atoms with E-state index in [-0.39, 0.29) is 5.56 Å². The fraction of sp³-hybridized carbons (Fsp3) is 0.0769. The number of halogens is 4. The van der Waals surface area contributed by atoms with Crippen LogP contribution in [-0.2, 0) is 0 Å². The average Bonchev–Trinajstić information content (AvgIpc) is 2.41. The normalized spacial score (nSPS) is 10.7. The van der Waals surface area contributed by atoms with Crippen molar-refractivity contribution < 1.29 is 22.5 Å². The van der Waals surface area contributed by atoms with E-state index in [4.69, 9.17) is 0 Å². The summed E-state index contributed by atoms with van der Waals surface area (Å²) in [6, 6.07) is 5.49. The van der Waals surface area contributed by atoms with Crippen LogP contribution in [0.3, 0.4) is 0 Å². The Morgan fingerprint density at radius 2 is 1.40 bits per heavy atom. The Kier molecular flexibility index (Phi) is 3.44. The minimum Gasteiger partial charge on any atom is -0.258 e. The molecule has 2 aromatic carbocycles. The molecule has 0 aliphatic rings. The molecule has 0 unspecified atom stereocenters. The number of hydrogen-bond acceptors (Lipinski definition) is 2. The molecule has 0 saturated heterocycles. The van der Waals surface area contributed by atoms with E-state index < -0.39 is 39.4 Å². The third kappa shape index (κ3) is 2.11. The first-order valence-corrected chi connectivity index (χ1v) is 5.42. The summed E-state index contributed by atoms with van der Waals surface area (Å²) in [5, 5.41) is 10.8. The first kappa shape index (κ1) is 14.0. The zero-order chi connectivity index (χ0) is 15.0. The van der Waals surface area contributed by atoms with Gasteiger partial charge in [-0.1, -0.05) is 29.8 Å². The Morgan fingerprint density at radius 3 is 1.90 bits per heavy atom. The van der Waals surface area contributed by atoms with E-state index in [1.807, 2.05) is 0 Å². The van der Waals surface area contributed by atoms with Crippen molar-refractivity contribution in [1.82, 2.24) is 0 Å². The fourth-order valence-corrected chi connectivity index (χ4v) is 1.78. The number of hydrogen-bond donors (Lipinski definition) is 0. The van der Waals surface area contributed by atoms with Gasteiger partial charge in [-0.25, -0.2) is 13.2 Å². The second-order valence-electron chi connectivity index (χ2n) is 4.10. The van der Waals surface area contributed by atoms with Crippen LogP contribution in [0, 0.1) is 40.3 Å². The highest BCUT2D eigenvalue weighted by atomic mass is 19.2. The van der Waals surface area contributed by atoms with Crippen molar-refractivity contribution >= 4 is 5.69 Å². The molecule has 0 saturated carbocycles. The standard InChI is InChI=1S/C13H7F4NO2/c1-6-2-4-7(5-3-6)8-9(14)10(15)11(16)12(17)13(8)18(19)20/h2-5H,1H3. The lowest BCUT2D eigenvalue weighted by Gasteiger charge is -2.08. The van der Waals surface area contributed by atoms with Gasteiger partial charge in [0.1, 0.15) is 5.56 Å². The maximum Gasteiger partial charge on any atom is 0.318 e. The van der Waals surface area contributed by atoms with E-state index in [1.165, 1.54) is 24.3 Å². The van der Waals surface area contributed by atoms with Gasteiger partial charge in [0.25, 0.3) is 0 Å². The van der Waals surface area contributed by atoms with Gasteiger partial charge in [-0.3, -0.25) is 10.1 Å². The van der Waals surface area contributed by atoms with Gasteiger partial charge in [-0.15, -0.1) is 0 Å². The molecule has 0 aromatic heterocycles. The summed E-state index contributed by atoms with van der Waals surface area (Å²) in [4.78, 5) is 9.53. The number of nitro benzene ring substituents is 1. The van der Waals surface area contributed by atoms with Crippen molar-refractivity contribution in [2.75, 3.05) is 0 Å². The van der Waals surface area contributed by atoms with Gasteiger partial charge < -0.3 is 0 Å². The molecule has 7 heteroatoms. The smallest absolute Gasteiger partial charge is 0.258 e. The van der Waals surface area contributed by atoms with Gasteiger partial charge in [-0.2, -0.15) is 4.39 Å². The van der Waals surface area contributed by atoms with Gasteiger partial charge >= 0.3 is 5.69 Å². The zero-order valence-corrected chi connectivity index (χ0v) is 10.1. The number of rotatable bonds is 2. The largest absolute Gasteiger partial charge is 0.318 e. The van der Waals surface area contributed by atoms with E-state index in [0.29, 0.717) is 0 Å². The van der Waals surface area contributed by atoms with Crippen molar-refractivity contribution in [2.45, 2.75) is 6.92 Å². The summed E-state index contributed by atoms with van der Waals surface area (Å²) in [6.07, 6.45) is 0. The second kappa shape index (κ2) is 4.92. The van der Waals surface area contributed by atoms with Crippen LogP contribution in [0.4, 0.5) is 23.2 Å². The van der Waals surface area contributed by atoms with Gasteiger partial charge in [0.15, 0.2) is 11.6 Å². The molecule has 0 bridgehead atoms. The molecule has 0 aliphatic carbocycles. The third-order valence-corrected chi connectivity index (χ3v) is 2.77. The molecule has 0 radical (unpaired) electrons. The molecule has 2 aromatic rings. The fourth-order valence-electron chi connectivity index (χ4n) is 1.78. The Hall–Kier alpha value is -2.44. The van der Waals surface area contributed by atoms with Crippen LogP contribution in [0.5, 0.6) is 0 Å². The highest BCUT2D eigenvalue weighted by Gasteiger charge is 2.33. The van der Waals surface area contributed by atoms with E-state index in [1.54, 1.807) is 6.92 Å². The van der Waals surface area contributed by atoms with Crippen molar-refractivity contribution in [3.8, 4) is 11.1 Å². The summed E-state index contributed by atoms with van der Waals surface area (Å²) in [5.41, 5.74) is -1.69. The van der Waals surface area contributed by atoms with E-state index in [9.17, 15) is 27.7 Å². The molecule has 0 heterocycles. The topological polar surface area (TPSA) is 43.1 Å². The number of nitro groups is 1. The van der Waals surface area contributed by atoms with Crippen LogP contribution in [0.1, 0.15) is 5.56 Å². The van der Waals surface area contributed by atoms with Crippen LogP contribution in [-0.4, -0.2) is 4.92 Å². The highest BCUT2D eigenvalue weighted by molar-refractivity contribution is 5.75. The molecular formula is C13H7F4NO2. The first-order valence-electron chi connectivity index (χ1n) is 5.42. The SMILES string of the molecule is Cc1ccc(-c2c(F)c(F)c(F)c(F)c2[N+](=O)[O-])cc1. The van der Waals surface area contributed by atoms with Gasteiger partial charge in [0.2, 0.25) is 11.6 Å². The van der Waals surface area contributed by atoms with Crippen LogP contribution in [0.25, 0.3) is 11.1 Å². The number of benzene rings is 2. The van der Waals surface area contributed by atoms with Crippen LogP contribution in [0.15, 0.2) is 24.3 Å². The van der Waals surface area contributed by atoms with E-state index in [0.717, 1.165) is 5.56 Å². The maximum atomic E-state index is 13.8. The Labute approximate surface area is 110 Å². The minimum absolute atomic E-state index is 0.113. The van der Waals surface area contributed by atoms with Gasteiger partial charge in [-0.05, 0) is 12.5 Å². The second-order valence-corrected chi connectivity index (χ2v) is 4.10. The van der Waals surface area contributed by atoms with Gasteiger partial charge in [0, 0.05) is 0 Å². The third-order valence-electron chi connectivity index (χ3n) is 2.77. The molecule has 0 atom stereocenters. The van der Waals surface area contributed by atoms with Crippen LogP contribution >= 0.6 is 0 Å². The molecule has 20 heavy (non-hydrogen) atoms. The van der Waals surface area contributed by atoms with Crippen molar-refractivity contribution in [3.63, 3.8) is 0 Å². The monoisotopic (exact) mass is 285 g/mol. The van der Waals surface area contributed by atoms with Crippen molar-refractivity contribution in [2.24, 2.45) is 0 Å². The number of aryl methyl sites for hydroxylation is 1. The lowest BCUT2D eigenvalue weighted by atomic mass is 10.0. The minimum atomic E-state index is -2.20. The lowest BCUT2D eigenvalue weighted by molar-refractivity contribution is -0.387. The maximum absolute atomic E-state index is 13.8. The molecular weight excluding hydrogens is 278 g/mol. The molecule has 0 N–H and O–H groups in total. The van der Waals surface area contributed by atoms with E-state index in [2.05, 4.69) is 0 Å². The predicted molar refractivity (Wildman–Crippen MR) is 63.1 cm³/mol. The van der Waals surface area contributed by atoms with Gasteiger partial charge in [0.05, 0.1) is 4.92 Å². The Balaban J connectivity index is 2.87. The van der Waals surface area contributed by atoms with Crippen molar-refractivity contribution in [1.29, 1.82) is 0 Å². The molecule has 104 valence electrons. The molecule has 0 amide bonds. The quantitative estimate of drug-likeness (QED) is 0.274. The number of nitrogens with zero attached hydrogens (tertiary/aromatic N) is 1. The Morgan fingerprint density at radius 1 is 0.900 bits per heavy atom. The van der Waals surface area contributed by atoms with Crippen molar-refractivity contribution in [3.05, 3.63) is 63.2 Å². The van der Waals surface area contributed by atoms with E-state index >= 15 is 0 Å². The molecule has 0 spiro atoms. The summed E-state index contributed by atoms with van der Waals surface area (Å²) >= 11 is 0. The molecule has 0 fully saturated rings. The average molecular weight is 285 g/mol.